The van der Waals surface area contributed by atoms with E-state index >= 15 is 0 Å². The molecule has 3 rings (SSSR count). The Balaban J connectivity index is 1.75. The van der Waals surface area contributed by atoms with Gasteiger partial charge in [-0.15, -0.1) is 0 Å². The molecule has 1 fully saturated rings. The number of nitrogens with one attached hydrogen (secondary N) is 1. The third-order valence-corrected chi connectivity index (χ3v) is 4.43. The standard InChI is InChI=1S/C16H19N3O3/c1-18-14(11-6-3-2-4-7-11)15(21)19(16(18)22)10-13(20)12-8-5-9-17-12/h2-3,5,8-9,11,14,17H,4,6-7,10H2,1H3. The van der Waals surface area contributed by atoms with Crippen LogP contribution in [-0.4, -0.2) is 52.1 Å². The molecule has 116 valence electrons. The van der Waals surface area contributed by atoms with E-state index in [-0.39, 0.29) is 30.2 Å². The highest BCUT2D eigenvalue weighted by atomic mass is 16.2. The monoisotopic (exact) mass is 301 g/mol. The topological polar surface area (TPSA) is 73.5 Å². The SMILES string of the molecule is CN1C(=O)N(CC(=O)c2ccc[nH]2)C(=O)C1C1CC=CCC1. The van der Waals surface area contributed by atoms with Crippen molar-refractivity contribution in [2.45, 2.75) is 25.3 Å². The molecule has 1 N–H and O–H groups in total. The van der Waals surface area contributed by atoms with Gasteiger partial charge in [0.15, 0.2) is 5.78 Å². The Morgan fingerprint density at radius 2 is 2.18 bits per heavy atom. The molecule has 1 aromatic rings. The molecular formula is C16H19N3O3. The van der Waals surface area contributed by atoms with Crippen molar-refractivity contribution in [3.05, 3.63) is 36.2 Å². The smallest absolute Gasteiger partial charge is 0.327 e. The summed E-state index contributed by atoms with van der Waals surface area (Å²) >= 11 is 0. The number of carbonyl (C=O) groups is 3. The molecule has 6 nitrogen and oxygen atoms in total. The number of ketones is 1. The van der Waals surface area contributed by atoms with Gasteiger partial charge >= 0.3 is 6.03 Å². The molecule has 1 aromatic heterocycles. The maximum absolute atomic E-state index is 12.6. The van der Waals surface area contributed by atoms with Crippen LogP contribution in [0.25, 0.3) is 0 Å². The number of nitrogens with zero attached hydrogens (tertiary/aromatic N) is 2. The van der Waals surface area contributed by atoms with E-state index in [4.69, 9.17) is 0 Å². The zero-order valence-electron chi connectivity index (χ0n) is 12.5. The van der Waals surface area contributed by atoms with E-state index in [1.807, 2.05) is 0 Å². The summed E-state index contributed by atoms with van der Waals surface area (Å²) in [4.78, 5) is 42.4. The molecule has 1 aliphatic carbocycles. The molecule has 0 saturated carbocycles. The summed E-state index contributed by atoms with van der Waals surface area (Å²) in [6, 6.07) is 2.52. The first kappa shape index (κ1) is 14.6. The van der Waals surface area contributed by atoms with Crippen molar-refractivity contribution in [3.8, 4) is 0 Å². The van der Waals surface area contributed by atoms with Crippen LogP contribution in [0, 0.1) is 5.92 Å². The fraction of sp³-hybridized carbons (Fsp3) is 0.438. The summed E-state index contributed by atoms with van der Waals surface area (Å²) in [7, 11) is 1.64. The second kappa shape index (κ2) is 5.79. The number of hydrogen-bond acceptors (Lipinski definition) is 3. The summed E-state index contributed by atoms with van der Waals surface area (Å²) in [5.74, 6) is -0.381. The molecule has 2 aliphatic rings. The largest absolute Gasteiger partial charge is 0.359 e. The van der Waals surface area contributed by atoms with Crippen LogP contribution >= 0.6 is 0 Å². The van der Waals surface area contributed by atoms with E-state index < -0.39 is 6.04 Å². The molecule has 22 heavy (non-hydrogen) atoms. The van der Waals surface area contributed by atoms with Gasteiger partial charge in [0.05, 0.1) is 12.2 Å². The Labute approximate surface area is 128 Å². The molecule has 0 radical (unpaired) electrons. The van der Waals surface area contributed by atoms with E-state index in [9.17, 15) is 14.4 Å². The minimum atomic E-state index is -0.450. The Hall–Kier alpha value is -2.37. The number of amides is 3. The van der Waals surface area contributed by atoms with Crippen molar-refractivity contribution in [1.82, 2.24) is 14.8 Å². The summed E-state index contributed by atoms with van der Waals surface area (Å²) in [5.41, 5.74) is 0.410. The quantitative estimate of drug-likeness (QED) is 0.524. The third-order valence-electron chi connectivity index (χ3n) is 4.43. The Kier molecular flexibility index (Phi) is 3.83. The van der Waals surface area contributed by atoms with E-state index in [0.29, 0.717) is 5.69 Å². The lowest BCUT2D eigenvalue weighted by molar-refractivity contribution is -0.129. The summed E-state index contributed by atoms with van der Waals surface area (Å²) in [6.45, 7) is -0.207. The normalized spacial score (nSPS) is 25.1. The predicted octanol–water partition coefficient (Wildman–Crippen LogP) is 1.82. The third kappa shape index (κ3) is 2.45. The second-order valence-corrected chi connectivity index (χ2v) is 5.81. The molecule has 0 spiro atoms. The number of imide groups is 1. The summed E-state index contributed by atoms with van der Waals surface area (Å²) in [6.07, 6.45) is 8.42. The van der Waals surface area contributed by atoms with Gasteiger partial charge in [0.25, 0.3) is 5.91 Å². The number of carbonyl (C=O) groups excluding carboxylic acids is 3. The van der Waals surface area contributed by atoms with Gasteiger partial charge < -0.3 is 9.88 Å². The van der Waals surface area contributed by atoms with Crippen molar-refractivity contribution < 1.29 is 14.4 Å². The molecular weight excluding hydrogens is 282 g/mol. The summed E-state index contributed by atoms with van der Waals surface area (Å²) < 4.78 is 0. The highest BCUT2D eigenvalue weighted by Gasteiger charge is 2.47. The molecule has 2 unspecified atom stereocenters. The fourth-order valence-electron chi connectivity index (χ4n) is 3.23. The molecule has 0 bridgehead atoms. The van der Waals surface area contributed by atoms with Crippen molar-refractivity contribution in [1.29, 1.82) is 0 Å². The fourth-order valence-corrected chi connectivity index (χ4v) is 3.23. The number of urea groups is 1. The van der Waals surface area contributed by atoms with Crippen LogP contribution in [0.4, 0.5) is 4.79 Å². The zero-order valence-corrected chi connectivity index (χ0v) is 12.5. The zero-order chi connectivity index (χ0) is 15.7. The van der Waals surface area contributed by atoms with Gasteiger partial charge in [0.1, 0.15) is 6.04 Å². The minimum absolute atomic E-state index is 0.136. The maximum Gasteiger partial charge on any atom is 0.327 e. The highest BCUT2D eigenvalue weighted by molar-refractivity contribution is 6.08. The van der Waals surface area contributed by atoms with E-state index in [1.165, 1.54) is 4.90 Å². The lowest BCUT2D eigenvalue weighted by Gasteiger charge is -2.26. The molecule has 0 aromatic carbocycles. The van der Waals surface area contributed by atoms with Gasteiger partial charge in [-0.3, -0.25) is 14.5 Å². The summed E-state index contributed by atoms with van der Waals surface area (Å²) in [5, 5.41) is 0. The number of rotatable bonds is 4. The van der Waals surface area contributed by atoms with Gasteiger partial charge in [-0.2, -0.15) is 0 Å². The number of H-pyrrole nitrogens is 1. The van der Waals surface area contributed by atoms with Crippen molar-refractivity contribution in [2.24, 2.45) is 5.92 Å². The van der Waals surface area contributed by atoms with Gasteiger partial charge in [-0.1, -0.05) is 12.2 Å². The number of aromatic nitrogens is 1. The van der Waals surface area contributed by atoms with Crippen LogP contribution in [0.15, 0.2) is 30.5 Å². The van der Waals surface area contributed by atoms with Gasteiger partial charge in [-0.25, -0.2) is 4.79 Å². The van der Waals surface area contributed by atoms with Crippen molar-refractivity contribution in [2.75, 3.05) is 13.6 Å². The molecule has 6 heteroatoms. The first-order valence-corrected chi connectivity index (χ1v) is 7.49. The van der Waals surface area contributed by atoms with Crippen molar-refractivity contribution >= 4 is 17.7 Å². The average molecular weight is 301 g/mol. The first-order chi connectivity index (χ1) is 10.6. The van der Waals surface area contributed by atoms with Gasteiger partial charge in [-0.05, 0) is 37.3 Å². The van der Waals surface area contributed by atoms with Crippen LogP contribution in [0.2, 0.25) is 0 Å². The second-order valence-electron chi connectivity index (χ2n) is 5.81. The minimum Gasteiger partial charge on any atom is -0.359 e. The molecule has 1 aliphatic heterocycles. The first-order valence-electron chi connectivity index (χ1n) is 7.49. The van der Waals surface area contributed by atoms with Crippen molar-refractivity contribution in [3.63, 3.8) is 0 Å². The van der Waals surface area contributed by atoms with E-state index in [2.05, 4.69) is 17.1 Å². The van der Waals surface area contributed by atoms with Crippen LogP contribution in [0.3, 0.4) is 0 Å². The van der Waals surface area contributed by atoms with Crippen LogP contribution in [0.5, 0.6) is 0 Å². The van der Waals surface area contributed by atoms with Crippen LogP contribution in [0.1, 0.15) is 29.8 Å². The maximum atomic E-state index is 12.6. The number of allylic oxidation sites excluding steroid dienone is 2. The van der Waals surface area contributed by atoms with E-state index in [0.717, 1.165) is 24.2 Å². The molecule has 3 amide bonds. The van der Waals surface area contributed by atoms with Crippen LogP contribution in [-0.2, 0) is 4.79 Å². The van der Waals surface area contributed by atoms with Gasteiger partial charge in [0, 0.05) is 13.2 Å². The van der Waals surface area contributed by atoms with Crippen LogP contribution < -0.4 is 0 Å². The average Bonchev–Trinajstić information content (AvgIpc) is 3.13. The number of hydrogen-bond donors (Lipinski definition) is 1. The molecule has 2 atom stereocenters. The molecule has 2 heterocycles. The van der Waals surface area contributed by atoms with E-state index in [1.54, 1.807) is 25.4 Å². The Morgan fingerprint density at radius 1 is 1.36 bits per heavy atom. The Morgan fingerprint density at radius 3 is 2.82 bits per heavy atom. The molecule has 1 saturated heterocycles. The lowest BCUT2D eigenvalue weighted by atomic mass is 9.87. The van der Waals surface area contributed by atoms with Gasteiger partial charge in [0.2, 0.25) is 0 Å². The highest BCUT2D eigenvalue weighted by Crippen LogP contribution is 2.30. The number of likely N-dealkylation sites (N-methyl/N-ethyl adjacent to an activating group) is 1. The Bertz CT molecular complexity index is 621. The predicted molar refractivity (Wildman–Crippen MR) is 80.3 cm³/mol. The lowest BCUT2D eigenvalue weighted by Crippen LogP contribution is -2.39. The number of aromatic amines is 1. The number of Topliss-reactive ketones (excluding diaryl/α,β-unsaturated/α-hetero) is 1.